The molecule has 0 fully saturated rings. The Hall–Kier alpha value is -0.490. The van der Waals surface area contributed by atoms with Gasteiger partial charge in [-0.1, -0.05) is 200 Å². The Balaban J connectivity index is 3.75. The number of aliphatic hydroxyl groups is 3. The fourth-order valence-corrected chi connectivity index (χ4v) is 6.58. The van der Waals surface area contributed by atoms with Gasteiger partial charge in [0.2, 0.25) is 0 Å². The zero-order chi connectivity index (χ0) is 32.5. The highest BCUT2D eigenvalue weighted by Gasteiger charge is 2.32. The maximum absolute atomic E-state index is 12.8. The van der Waals surface area contributed by atoms with E-state index in [1.54, 1.807) is 0 Å². The van der Waals surface area contributed by atoms with Crippen molar-refractivity contribution in [2.24, 2.45) is 11.7 Å². The molecule has 0 saturated heterocycles. The zero-order valence-corrected chi connectivity index (χ0v) is 29.8. The smallest absolute Gasteiger partial charge is 0.145 e. The highest BCUT2D eigenvalue weighted by Crippen LogP contribution is 2.21. The Morgan fingerprint density at radius 1 is 0.455 bits per heavy atom. The lowest BCUT2D eigenvalue weighted by atomic mass is 9.88. The molecule has 264 valence electrons. The number of hydrogen-bond acceptors (Lipinski definition) is 5. The molecule has 0 radical (unpaired) electrons. The summed E-state index contributed by atoms with van der Waals surface area (Å²) >= 11 is 0. The summed E-state index contributed by atoms with van der Waals surface area (Å²) in [4.78, 5) is 12.8. The van der Waals surface area contributed by atoms with Gasteiger partial charge < -0.3 is 21.1 Å². The quantitative estimate of drug-likeness (QED) is 0.0409. The summed E-state index contributed by atoms with van der Waals surface area (Å²) in [5.41, 5.74) is 5.69. The zero-order valence-electron chi connectivity index (χ0n) is 29.8. The molecule has 4 atom stereocenters. The predicted octanol–water partition coefficient (Wildman–Crippen LogP) is 10.7. The first-order valence-corrected chi connectivity index (χ1v) is 19.8. The van der Waals surface area contributed by atoms with Gasteiger partial charge in [-0.2, -0.15) is 0 Å². The second kappa shape index (κ2) is 33.9. The van der Waals surface area contributed by atoms with Crippen LogP contribution < -0.4 is 5.73 Å². The Morgan fingerprint density at radius 2 is 0.727 bits per heavy atom. The first-order chi connectivity index (χ1) is 21.4. The summed E-state index contributed by atoms with van der Waals surface area (Å²) < 4.78 is 0. The molecule has 5 N–H and O–H groups in total. The van der Waals surface area contributed by atoms with E-state index in [4.69, 9.17) is 5.73 Å². The van der Waals surface area contributed by atoms with Crippen molar-refractivity contribution < 1.29 is 20.1 Å². The van der Waals surface area contributed by atoms with Crippen LogP contribution in [0.5, 0.6) is 0 Å². The Kier molecular flexibility index (Phi) is 33.5. The fourth-order valence-electron chi connectivity index (χ4n) is 6.58. The van der Waals surface area contributed by atoms with Gasteiger partial charge in [0, 0.05) is 6.42 Å². The van der Waals surface area contributed by atoms with Gasteiger partial charge in [-0.05, 0) is 12.8 Å². The number of carbonyl (C=O) groups excluding carboxylic acids is 1. The second-order valence-corrected chi connectivity index (χ2v) is 14.0. The van der Waals surface area contributed by atoms with Crippen LogP contribution in [0.4, 0.5) is 0 Å². The van der Waals surface area contributed by atoms with E-state index in [9.17, 15) is 20.1 Å². The van der Waals surface area contributed by atoms with Gasteiger partial charge in [0.1, 0.15) is 12.0 Å². The lowest BCUT2D eigenvalue weighted by Gasteiger charge is -2.25. The van der Waals surface area contributed by atoms with Gasteiger partial charge >= 0.3 is 0 Å². The maximum Gasteiger partial charge on any atom is 0.145 e. The topological polar surface area (TPSA) is 104 Å². The highest BCUT2D eigenvalue weighted by molar-refractivity contribution is 5.82. The monoisotopic (exact) mass is 626 g/mol. The molecule has 0 heterocycles. The van der Waals surface area contributed by atoms with Crippen molar-refractivity contribution in [2.45, 2.75) is 238 Å². The lowest BCUT2D eigenvalue weighted by Crippen LogP contribution is -2.44. The molecule has 0 aromatic carbocycles. The largest absolute Gasteiger partial charge is 0.393 e. The Morgan fingerprint density at radius 3 is 1.02 bits per heavy atom. The van der Waals surface area contributed by atoms with Gasteiger partial charge in [-0.3, -0.25) is 4.79 Å². The van der Waals surface area contributed by atoms with E-state index in [-0.39, 0.29) is 12.2 Å². The molecule has 0 aliphatic rings. The summed E-state index contributed by atoms with van der Waals surface area (Å²) in [5.74, 6) is -1.32. The predicted molar refractivity (Wildman–Crippen MR) is 190 cm³/mol. The van der Waals surface area contributed by atoms with Crippen LogP contribution in [-0.2, 0) is 4.79 Å². The summed E-state index contributed by atoms with van der Waals surface area (Å²) in [5, 5.41) is 31.1. The minimum absolute atomic E-state index is 0.0344. The maximum atomic E-state index is 12.8. The third-order valence-corrected chi connectivity index (χ3v) is 9.59. The van der Waals surface area contributed by atoms with Crippen molar-refractivity contribution in [3.8, 4) is 0 Å². The Labute approximate surface area is 274 Å². The number of aliphatic hydroxyl groups excluding tert-OH is 3. The number of rotatable bonds is 36. The van der Waals surface area contributed by atoms with Gasteiger partial charge in [0.15, 0.2) is 0 Å². The average Bonchev–Trinajstić information content (AvgIpc) is 2.99. The van der Waals surface area contributed by atoms with Gasteiger partial charge in [-0.15, -0.1) is 0 Å². The standard InChI is InChI=1S/C39H79NO4/c1-3-5-7-9-11-13-15-17-18-19-21-22-24-26-28-30-32-35(41)34-37(43)38(39(40)44)36(42)33-31-29-27-25-23-20-16-14-12-10-8-6-4-2/h35-36,38-39,41-42,44H,3-34,40H2,1-2H3. The molecule has 0 aliphatic carbocycles. The number of Topliss-reactive ketones (excluding diaryl/α,β-unsaturated/α-hetero) is 1. The van der Waals surface area contributed by atoms with E-state index >= 15 is 0 Å². The molecule has 0 amide bonds. The Bertz CT molecular complexity index is 584. The van der Waals surface area contributed by atoms with Crippen molar-refractivity contribution in [2.75, 3.05) is 0 Å². The molecule has 0 aromatic rings. The molecule has 0 rings (SSSR count). The van der Waals surface area contributed by atoms with E-state index in [1.807, 2.05) is 0 Å². The molecule has 5 nitrogen and oxygen atoms in total. The van der Waals surface area contributed by atoms with Gasteiger partial charge in [0.05, 0.1) is 18.1 Å². The number of carbonyl (C=O) groups is 1. The number of hydrogen-bond donors (Lipinski definition) is 4. The summed E-state index contributed by atoms with van der Waals surface area (Å²) in [7, 11) is 0. The van der Waals surface area contributed by atoms with Crippen LogP contribution in [0.15, 0.2) is 0 Å². The second-order valence-electron chi connectivity index (χ2n) is 14.0. The first kappa shape index (κ1) is 43.5. The molecule has 44 heavy (non-hydrogen) atoms. The minimum Gasteiger partial charge on any atom is -0.393 e. The number of nitrogens with two attached hydrogens (primary N) is 1. The highest BCUT2D eigenvalue weighted by atomic mass is 16.3. The molecule has 0 spiro atoms. The fraction of sp³-hybridized carbons (Fsp3) is 0.974. The van der Waals surface area contributed by atoms with Gasteiger partial charge in [0.25, 0.3) is 0 Å². The molecule has 0 saturated carbocycles. The van der Waals surface area contributed by atoms with Crippen molar-refractivity contribution in [3.63, 3.8) is 0 Å². The molecule has 5 heteroatoms. The summed E-state index contributed by atoms with van der Waals surface area (Å²) in [6.07, 6.45) is 35.3. The van der Waals surface area contributed by atoms with Crippen molar-refractivity contribution >= 4 is 5.78 Å². The number of ketones is 1. The van der Waals surface area contributed by atoms with E-state index in [1.165, 1.54) is 154 Å². The average molecular weight is 626 g/mol. The third kappa shape index (κ3) is 28.9. The molecular formula is C39H79NO4. The van der Waals surface area contributed by atoms with Crippen LogP contribution in [0.2, 0.25) is 0 Å². The minimum atomic E-state index is -1.39. The number of unbranched alkanes of at least 4 members (excludes halogenated alkanes) is 27. The van der Waals surface area contributed by atoms with Crippen LogP contribution in [0.3, 0.4) is 0 Å². The molecule has 4 unspecified atom stereocenters. The van der Waals surface area contributed by atoms with E-state index in [0.29, 0.717) is 12.8 Å². The van der Waals surface area contributed by atoms with Gasteiger partial charge in [-0.25, -0.2) is 0 Å². The van der Waals surface area contributed by atoms with Crippen LogP contribution >= 0.6 is 0 Å². The molecular weight excluding hydrogens is 546 g/mol. The van der Waals surface area contributed by atoms with Crippen molar-refractivity contribution in [3.05, 3.63) is 0 Å². The van der Waals surface area contributed by atoms with Crippen molar-refractivity contribution in [1.82, 2.24) is 0 Å². The van der Waals surface area contributed by atoms with Crippen LogP contribution in [-0.4, -0.2) is 39.5 Å². The normalized spacial score (nSPS) is 14.5. The lowest BCUT2D eigenvalue weighted by molar-refractivity contribution is -0.133. The van der Waals surface area contributed by atoms with E-state index in [2.05, 4.69) is 13.8 Å². The first-order valence-electron chi connectivity index (χ1n) is 19.8. The van der Waals surface area contributed by atoms with Crippen LogP contribution in [0.25, 0.3) is 0 Å². The molecule has 0 bridgehead atoms. The molecule has 0 aromatic heterocycles. The SMILES string of the molecule is CCCCCCCCCCCCCCCCCCC(O)CC(=O)C(C(N)O)C(O)CCCCCCCCCCCCCCC. The summed E-state index contributed by atoms with van der Waals surface area (Å²) in [6.45, 7) is 4.53. The van der Waals surface area contributed by atoms with E-state index < -0.39 is 24.4 Å². The summed E-state index contributed by atoms with van der Waals surface area (Å²) in [6, 6.07) is 0. The molecule has 0 aliphatic heterocycles. The third-order valence-electron chi connectivity index (χ3n) is 9.59. The van der Waals surface area contributed by atoms with Crippen LogP contribution in [0, 0.1) is 5.92 Å². The van der Waals surface area contributed by atoms with E-state index in [0.717, 1.165) is 32.1 Å². The van der Waals surface area contributed by atoms with Crippen LogP contribution in [0.1, 0.15) is 219 Å². The van der Waals surface area contributed by atoms with Crippen molar-refractivity contribution in [1.29, 1.82) is 0 Å².